The number of rotatable bonds is 5. The van der Waals surface area contributed by atoms with Gasteiger partial charge in [-0.3, -0.25) is 4.79 Å². The minimum atomic E-state index is -0.283. The molecule has 142 valence electrons. The van der Waals surface area contributed by atoms with Gasteiger partial charge in [-0.2, -0.15) is 0 Å². The van der Waals surface area contributed by atoms with Crippen molar-refractivity contribution >= 4 is 11.6 Å². The average molecular weight is 358 g/mol. The molecule has 0 radical (unpaired) electrons. The number of piperidine rings is 1. The van der Waals surface area contributed by atoms with Crippen LogP contribution in [-0.2, 0) is 11.3 Å². The molecule has 0 unspecified atom stereocenters. The first-order valence-electron chi connectivity index (χ1n) is 9.86. The molecule has 1 amide bonds. The third kappa shape index (κ3) is 3.21. The van der Waals surface area contributed by atoms with Gasteiger partial charge < -0.3 is 26.0 Å². The van der Waals surface area contributed by atoms with Crippen LogP contribution in [0.2, 0.25) is 0 Å². The molecule has 0 spiro atoms. The molecule has 3 heterocycles. The Morgan fingerprint density at radius 2 is 1.88 bits per heavy atom. The van der Waals surface area contributed by atoms with Gasteiger partial charge in [0.05, 0.1) is 5.41 Å². The summed E-state index contributed by atoms with van der Waals surface area (Å²) in [6, 6.07) is 8.37. The standard InChI is InChI=1S/C20H30N4O2/c25-12-15-5-7-24(8-6-15)18-4-2-1-3-16(18)9-23-19(26)20-13-21-10-17(20)11-22-14-20/h1-4,15,17,21-22,25H,5-14H2,(H,23,26). The summed E-state index contributed by atoms with van der Waals surface area (Å²) < 4.78 is 0. The lowest BCUT2D eigenvalue weighted by Gasteiger charge is -2.34. The molecule has 3 aliphatic heterocycles. The Kier molecular flexibility index (Phi) is 5.16. The fraction of sp³-hybridized carbons (Fsp3) is 0.650. The Bertz CT molecular complexity index is 632. The van der Waals surface area contributed by atoms with Gasteiger partial charge in [-0.1, -0.05) is 18.2 Å². The Hall–Kier alpha value is -1.63. The topological polar surface area (TPSA) is 76.6 Å². The molecule has 3 saturated heterocycles. The van der Waals surface area contributed by atoms with E-state index in [0.29, 0.717) is 18.4 Å². The second kappa shape index (κ2) is 7.55. The van der Waals surface area contributed by atoms with E-state index in [1.807, 2.05) is 6.07 Å². The lowest BCUT2D eigenvalue weighted by atomic mass is 9.80. The summed E-state index contributed by atoms with van der Waals surface area (Å²) in [5, 5.41) is 19.3. The molecule has 0 atom stereocenters. The van der Waals surface area contributed by atoms with Crippen LogP contribution in [-0.4, -0.2) is 56.9 Å². The number of hydrogen-bond acceptors (Lipinski definition) is 5. The molecule has 6 nitrogen and oxygen atoms in total. The Morgan fingerprint density at radius 3 is 2.58 bits per heavy atom. The molecule has 4 rings (SSSR count). The van der Waals surface area contributed by atoms with E-state index in [9.17, 15) is 9.90 Å². The second-order valence-corrected chi connectivity index (χ2v) is 8.04. The number of fused-ring (bicyclic) bond motifs is 1. The van der Waals surface area contributed by atoms with Crippen LogP contribution in [0.3, 0.4) is 0 Å². The van der Waals surface area contributed by atoms with E-state index in [0.717, 1.165) is 52.1 Å². The summed E-state index contributed by atoms with van der Waals surface area (Å²) >= 11 is 0. The first-order valence-corrected chi connectivity index (χ1v) is 9.86. The molecule has 0 saturated carbocycles. The molecule has 0 aliphatic carbocycles. The number of aliphatic hydroxyl groups is 1. The van der Waals surface area contributed by atoms with Gasteiger partial charge in [0, 0.05) is 64.0 Å². The average Bonchev–Trinajstić information content (AvgIpc) is 3.28. The van der Waals surface area contributed by atoms with Gasteiger partial charge in [0.1, 0.15) is 0 Å². The van der Waals surface area contributed by atoms with Gasteiger partial charge in [0.2, 0.25) is 5.91 Å². The quantitative estimate of drug-likeness (QED) is 0.610. The molecule has 3 aliphatic rings. The van der Waals surface area contributed by atoms with Gasteiger partial charge in [-0.25, -0.2) is 0 Å². The first-order chi connectivity index (χ1) is 12.7. The first kappa shape index (κ1) is 17.8. The Balaban J connectivity index is 1.42. The van der Waals surface area contributed by atoms with Crippen molar-refractivity contribution in [2.75, 3.05) is 50.8 Å². The van der Waals surface area contributed by atoms with Crippen molar-refractivity contribution in [3.8, 4) is 0 Å². The maximum atomic E-state index is 13.0. The van der Waals surface area contributed by atoms with Crippen molar-refractivity contribution in [2.45, 2.75) is 19.4 Å². The van der Waals surface area contributed by atoms with Crippen LogP contribution < -0.4 is 20.9 Å². The van der Waals surface area contributed by atoms with Gasteiger partial charge >= 0.3 is 0 Å². The number of para-hydroxylation sites is 1. The zero-order valence-electron chi connectivity index (χ0n) is 15.3. The maximum Gasteiger partial charge on any atom is 0.229 e. The molecule has 0 aromatic heterocycles. The number of nitrogens with one attached hydrogen (secondary N) is 3. The largest absolute Gasteiger partial charge is 0.396 e. The monoisotopic (exact) mass is 358 g/mol. The minimum Gasteiger partial charge on any atom is -0.396 e. The molecule has 6 heteroatoms. The van der Waals surface area contributed by atoms with Crippen LogP contribution >= 0.6 is 0 Å². The van der Waals surface area contributed by atoms with Crippen molar-refractivity contribution in [1.82, 2.24) is 16.0 Å². The smallest absolute Gasteiger partial charge is 0.229 e. The summed E-state index contributed by atoms with van der Waals surface area (Å²) in [5.41, 5.74) is 2.11. The van der Waals surface area contributed by atoms with Crippen LogP contribution in [0.4, 0.5) is 5.69 Å². The van der Waals surface area contributed by atoms with Crippen LogP contribution in [0.25, 0.3) is 0 Å². The number of carbonyl (C=O) groups excluding carboxylic acids is 1. The summed E-state index contributed by atoms with van der Waals surface area (Å²) in [6.45, 7) is 6.19. The molecular weight excluding hydrogens is 328 g/mol. The summed E-state index contributed by atoms with van der Waals surface area (Å²) in [6.07, 6.45) is 2.05. The number of anilines is 1. The highest BCUT2D eigenvalue weighted by atomic mass is 16.3. The van der Waals surface area contributed by atoms with Crippen molar-refractivity contribution in [2.24, 2.45) is 17.3 Å². The highest BCUT2D eigenvalue weighted by molar-refractivity contribution is 5.84. The van der Waals surface area contributed by atoms with E-state index < -0.39 is 0 Å². The van der Waals surface area contributed by atoms with Gasteiger partial charge in [-0.05, 0) is 30.4 Å². The highest BCUT2D eigenvalue weighted by Gasteiger charge is 2.51. The van der Waals surface area contributed by atoms with E-state index in [1.54, 1.807) is 0 Å². The van der Waals surface area contributed by atoms with Crippen molar-refractivity contribution < 1.29 is 9.90 Å². The summed E-state index contributed by atoms with van der Waals surface area (Å²) in [4.78, 5) is 15.4. The zero-order valence-corrected chi connectivity index (χ0v) is 15.3. The lowest BCUT2D eigenvalue weighted by Crippen LogP contribution is -2.47. The zero-order chi connectivity index (χ0) is 18.0. The fourth-order valence-corrected chi connectivity index (χ4v) is 4.78. The van der Waals surface area contributed by atoms with Gasteiger partial charge in [0.15, 0.2) is 0 Å². The minimum absolute atomic E-state index is 0.172. The van der Waals surface area contributed by atoms with Gasteiger partial charge in [-0.15, -0.1) is 0 Å². The van der Waals surface area contributed by atoms with Crippen LogP contribution in [0.1, 0.15) is 18.4 Å². The lowest BCUT2D eigenvalue weighted by molar-refractivity contribution is -0.130. The van der Waals surface area contributed by atoms with Crippen molar-refractivity contribution in [3.63, 3.8) is 0 Å². The van der Waals surface area contributed by atoms with Crippen molar-refractivity contribution in [1.29, 1.82) is 0 Å². The van der Waals surface area contributed by atoms with Crippen molar-refractivity contribution in [3.05, 3.63) is 29.8 Å². The van der Waals surface area contributed by atoms with E-state index in [1.165, 1.54) is 11.3 Å². The third-order valence-electron chi connectivity index (χ3n) is 6.54. The molecule has 0 bridgehead atoms. The number of aliphatic hydroxyl groups excluding tert-OH is 1. The van der Waals surface area contributed by atoms with Gasteiger partial charge in [0.25, 0.3) is 0 Å². The van der Waals surface area contributed by atoms with E-state index in [-0.39, 0.29) is 17.9 Å². The molecular formula is C20H30N4O2. The second-order valence-electron chi connectivity index (χ2n) is 8.04. The molecule has 3 fully saturated rings. The summed E-state index contributed by atoms with van der Waals surface area (Å²) in [7, 11) is 0. The number of nitrogens with zero attached hydrogens (tertiary/aromatic N) is 1. The third-order valence-corrected chi connectivity index (χ3v) is 6.54. The SMILES string of the molecule is O=C(NCc1ccccc1N1CCC(CO)CC1)C12CNCC1CNC2. The Morgan fingerprint density at radius 1 is 1.19 bits per heavy atom. The summed E-state index contributed by atoms with van der Waals surface area (Å²) in [5.74, 6) is 1.00. The number of hydrogen-bond donors (Lipinski definition) is 4. The predicted molar refractivity (Wildman–Crippen MR) is 102 cm³/mol. The van der Waals surface area contributed by atoms with E-state index in [2.05, 4.69) is 39.0 Å². The molecule has 26 heavy (non-hydrogen) atoms. The molecule has 4 N–H and O–H groups in total. The Labute approximate surface area is 155 Å². The normalized spacial score (nSPS) is 29.0. The van der Waals surface area contributed by atoms with Crippen LogP contribution in [0, 0.1) is 17.3 Å². The van der Waals surface area contributed by atoms with E-state index >= 15 is 0 Å². The van der Waals surface area contributed by atoms with E-state index in [4.69, 9.17) is 0 Å². The maximum absolute atomic E-state index is 13.0. The fourth-order valence-electron chi connectivity index (χ4n) is 4.78. The number of benzene rings is 1. The number of carbonyl (C=O) groups is 1. The highest BCUT2D eigenvalue weighted by Crippen LogP contribution is 2.35. The van der Waals surface area contributed by atoms with Crippen LogP contribution in [0.5, 0.6) is 0 Å². The molecule has 1 aromatic rings. The predicted octanol–water partition coefficient (Wildman–Crippen LogP) is 0.321. The molecule has 1 aromatic carbocycles. The van der Waals surface area contributed by atoms with Crippen LogP contribution in [0.15, 0.2) is 24.3 Å². The number of amides is 1.